The van der Waals surface area contributed by atoms with Crippen molar-refractivity contribution in [2.24, 2.45) is 4.99 Å². The molecule has 7 heteroatoms. The van der Waals surface area contributed by atoms with E-state index in [0.717, 1.165) is 55.7 Å². The molecule has 0 aliphatic carbocycles. The number of anilines is 1. The van der Waals surface area contributed by atoms with Crippen LogP contribution in [0.1, 0.15) is 19.4 Å². The minimum Gasteiger partial charge on any atom is -0.506 e. The number of hydrogen-bond donors (Lipinski definition) is 2. The van der Waals surface area contributed by atoms with Gasteiger partial charge in [-0.1, -0.05) is 24.3 Å². The Kier molecular flexibility index (Phi) is 9.37. The highest BCUT2D eigenvalue weighted by Crippen LogP contribution is 2.27. The van der Waals surface area contributed by atoms with E-state index in [1.807, 2.05) is 43.3 Å². The zero-order chi connectivity index (χ0) is 19.8. The molecule has 0 aromatic heterocycles. The third kappa shape index (κ3) is 6.42. The van der Waals surface area contributed by atoms with Gasteiger partial charge in [-0.3, -0.25) is 0 Å². The second kappa shape index (κ2) is 11.7. The van der Waals surface area contributed by atoms with Gasteiger partial charge in [0.25, 0.3) is 0 Å². The fourth-order valence-corrected chi connectivity index (χ4v) is 3.38. The summed E-state index contributed by atoms with van der Waals surface area (Å²) in [5.41, 5.74) is 2.03. The molecule has 2 aromatic carbocycles. The first-order valence-electron chi connectivity index (χ1n) is 9.99. The number of rotatable bonds is 6. The Morgan fingerprint density at radius 2 is 1.83 bits per heavy atom. The van der Waals surface area contributed by atoms with E-state index in [1.54, 1.807) is 6.07 Å². The van der Waals surface area contributed by atoms with Crippen molar-refractivity contribution in [1.29, 1.82) is 0 Å². The highest BCUT2D eigenvalue weighted by atomic mass is 127. The number of piperazine rings is 1. The molecule has 2 N–H and O–H groups in total. The van der Waals surface area contributed by atoms with Crippen LogP contribution in [0.4, 0.5) is 5.69 Å². The summed E-state index contributed by atoms with van der Waals surface area (Å²) in [4.78, 5) is 9.34. The first kappa shape index (κ1) is 23.1. The zero-order valence-electron chi connectivity index (χ0n) is 17.2. The minimum atomic E-state index is 0. The topological polar surface area (TPSA) is 60.3 Å². The summed E-state index contributed by atoms with van der Waals surface area (Å²) in [6.45, 7) is 9.60. The number of ether oxygens (including phenoxy) is 1. The van der Waals surface area contributed by atoms with Crippen LogP contribution in [0.15, 0.2) is 53.5 Å². The van der Waals surface area contributed by atoms with Crippen molar-refractivity contribution in [2.75, 3.05) is 44.2 Å². The first-order chi connectivity index (χ1) is 13.7. The van der Waals surface area contributed by atoms with Crippen molar-refractivity contribution in [3.63, 3.8) is 0 Å². The Morgan fingerprint density at radius 3 is 2.52 bits per heavy atom. The summed E-state index contributed by atoms with van der Waals surface area (Å²) >= 11 is 0. The summed E-state index contributed by atoms with van der Waals surface area (Å²) in [6.07, 6.45) is 0. The molecule has 1 aliphatic heterocycles. The van der Waals surface area contributed by atoms with Crippen molar-refractivity contribution in [2.45, 2.75) is 20.4 Å². The zero-order valence-corrected chi connectivity index (χ0v) is 19.5. The number of aliphatic imine (C=N–C) groups is 1. The minimum absolute atomic E-state index is 0. The SMILES string of the molecule is CCNC(=NCc1cccc(OCC)c1)N1CCN(c2ccccc2O)CC1.I. The van der Waals surface area contributed by atoms with Crippen molar-refractivity contribution in [1.82, 2.24) is 10.2 Å². The van der Waals surface area contributed by atoms with Crippen LogP contribution in [0.5, 0.6) is 11.5 Å². The molecule has 3 rings (SSSR count). The molecule has 0 atom stereocenters. The molecule has 0 bridgehead atoms. The molecule has 158 valence electrons. The van der Waals surface area contributed by atoms with Gasteiger partial charge < -0.3 is 25.0 Å². The maximum absolute atomic E-state index is 10.1. The van der Waals surface area contributed by atoms with Crippen LogP contribution in [-0.4, -0.2) is 55.3 Å². The average Bonchev–Trinajstić information content (AvgIpc) is 2.72. The van der Waals surface area contributed by atoms with Crippen molar-refractivity contribution in [3.8, 4) is 11.5 Å². The van der Waals surface area contributed by atoms with Crippen molar-refractivity contribution >= 4 is 35.6 Å². The largest absolute Gasteiger partial charge is 0.506 e. The smallest absolute Gasteiger partial charge is 0.194 e. The lowest BCUT2D eigenvalue weighted by Gasteiger charge is -2.37. The number of nitrogens with zero attached hydrogens (tertiary/aromatic N) is 3. The number of benzene rings is 2. The van der Waals surface area contributed by atoms with Gasteiger partial charge in [-0.2, -0.15) is 0 Å². The van der Waals surface area contributed by atoms with E-state index in [4.69, 9.17) is 9.73 Å². The highest BCUT2D eigenvalue weighted by molar-refractivity contribution is 14.0. The fraction of sp³-hybridized carbons (Fsp3) is 0.409. The van der Waals surface area contributed by atoms with E-state index in [2.05, 4.69) is 28.1 Å². The molecule has 0 radical (unpaired) electrons. The Bertz CT molecular complexity index is 792. The first-order valence-corrected chi connectivity index (χ1v) is 9.99. The van der Waals surface area contributed by atoms with Gasteiger partial charge in [0.2, 0.25) is 0 Å². The summed E-state index contributed by atoms with van der Waals surface area (Å²) in [7, 11) is 0. The van der Waals surface area contributed by atoms with E-state index >= 15 is 0 Å². The molecule has 29 heavy (non-hydrogen) atoms. The number of nitrogens with one attached hydrogen (secondary N) is 1. The second-order valence-corrected chi connectivity index (χ2v) is 6.71. The normalized spacial score (nSPS) is 14.3. The Balaban J connectivity index is 0.00000300. The second-order valence-electron chi connectivity index (χ2n) is 6.71. The molecule has 1 saturated heterocycles. The molecule has 2 aromatic rings. The van der Waals surface area contributed by atoms with Crippen LogP contribution >= 0.6 is 24.0 Å². The molecule has 0 amide bonds. The lowest BCUT2D eigenvalue weighted by atomic mass is 10.2. The maximum atomic E-state index is 10.1. The summed E-state index contributed by atoms with van der Waals surface area (Å²) in [6, 6.07) is 15.6. The van der Waals surface area contributed by atoms with Crippen LogP contribution in [0.25, 0.3) is 0 Å². The quantitative estimate of drug-likeness (QED) is 0.353. The molecule has 6 nitrogen and oxygen atoms in total. The van der Waals surface area contributed by atoms with Crippen molar-refractivity contribution < 1.29 is 9.84 Å². The van der Waals surface area contributed by atoms with Gasteiger partial charge in [-0.05, 0) is 43.7 Å². The monoisotopic (exact) mass is 510 g/mol. The van der Waals surface area contributed by atoms with Crippen LogP contribution < -0.4 is 15.0 Å². The molecule has 1 heterocycles. The highest BCUT2D eigenvalue weighted by Gasteiger charge is 2.21. The van der Waals surface area contributed by atoms with Crippen LogP contribution in [0.2, 0.25) is 0 Å². The van der Waals surface area contributed by atoms with Gasteiger partial charge in [0, 0.05) is 32.7 Å². The molecule has 0 saturated carbocycles. The van der Waals surface area contributed by atoms with Crippen LogP contribution in [0.3, 0.4) is 0 Å². The lowest BCUT2D eigenvalue weighted by molar-refractivity contribution is 0.340. The third-order valence-electron chi connectivity index (χ3n) is 4.76. The van der Waals surface area contributed by atoms with E-state index < -0.39 is 0 Å². The van der Waals surface area contributed by atoms with E-state index in [-0.39, 0.29) is 24.0 Å². The Labute approximate surface area is 190 Å². The standard InChI is InChI=1S/C22H30N4O2.HI/c1-3-23-22(24-17-18-8-7-9-19(16-18)28-4-2)26-14-12-25(13-15-26)20-10-5-6-11-21(20)27;/h5-11,16,27H,3-4,12-15,17H2,1-2H3,(H,23,24);1H. The molecule has 0 unspecified atom stereocenters. The van der Waals surface area contributed by atoms with Gasteiger partial charge >= 0.3 is 0 Å². The lowest BCUT2D eigenvalue weighted by Crippen LogP contribution is -2.52. The molecular weight excluding hydrogens is 479 g/mol. The molecule has 1 fully saturated rings. The van der Waals surface area contributed by atoms with E-state index in [0.29, 0.717) is 18.9 Å². The molecular formula is C22H31IN4O2. The van der Waals surface area contributed by atoms with E-state index in [1.165, 1.54) is 0 Å². The fourth-order valence-electron chi connectivity index (χ4n) is 3.38. The van der Waals surface area contributed by atoms with Gasteiger partial charge in [0.05, 0.1) is 18.8 Å². The molecule has 1 aliphatic rings. The summed E-state index contributed by atoms with van der Waals surface area (Å²) in [5, 5.41) is 13.5. The Morgan fingerprint density at radius 1 is 1.07 bits per heavy atom. The van der Waals surface area contributed by atoms with Crippen molar-refractivity contribution in [3.05, 3.63) is 54.1 Å². The van der Waals surface area contributed by atoms with Gasteiger partial charge in [0.1, 0.15) is 11.5 Å². The average molecular weight is 510 g/mol. The number of para-hydroxylation sites is 2. The number of guanidine groups is 1. The van der Waals surface area contributed by atoms with Gasteiger partial charge in [-0.15, -0.1) is 24.0 Å². The molecule has 0 spiro atoms. The summed E-state index contributed by atoms with van der Waals surface area (Å²) in [5.74, 6) is 2.16. The number of phenolic OH excluding ortho intramolecular Hbond substituents is 1. The predicted molar refractivity (Wildman–Crippen MR) is 130 cm³/mol. The van der Waals surface area contributed by atoms with Gasteiger partial charge in [0.15, 0.2) is 5.96 Å². The third-order valence-corrected chi connectivity index (χ3v) is 4.76. The Hall–Kier alpha value is -2.16. The number of hydrogen-bond acceptors (Lipinski definition) is 4. The predicted octanol–water partition coefficient (Wildman–Crippen LogP) is 3.70. The number of aromatic hydroxyl groups is 1. The number of halogens is 1. The summed E-state index contributed by atoms with van der Waals surface area (Å²) < 4.78 is 5.58. The van der Waals surface area contributed by atoms with Crippen LogP contribution in [0, 0.1) is 0 Å². The number of phenols is 1. The maximum Gasteiger partial charge on any atom is 0.194 e. The van der Waals surface area contributed by atoms with E-state index in [9.17, 15) is 5.11 Å². The van der Waals surface area contributed by atoms with Gasteiger partial charge in [-0.25, -0.2) is 4.99 Å². The van der Waals surface area contributed by atoms with Crippen LogP contribution in [-0.2, 0) is 6.54 Å².